The minimum absolute atomic E-state index is 0.0464. The molecule has 276 valence electrons. The van der Waals surface area contributed by atoms with Crippen LogP contribution in [-0.4, -0.2) is 42.7 Å². The second-order valence-electron chi connectivity index (χ2n) is 16.0. The molecule has 9 rings (SSSR count). The molecule has 4 aliphatic carbocycles. The van der Waals surface area contributed by atoms with Crippen molar-refractivity contribution >= 4 is 28.9 Å². The van der Waals surface area contributed by atoms with Crippen molar-refractivity contribution < 1.29 is 28.2 Å². The average Bonchev–Trinajstić information content (AvgIpc) is 3.92. The number of furan rings is 1. The fraction of sp³-hybridized carbons (Fsp3) is 0.364. The lowest BCUT2D eigenvalue weighted by Gasteiger charge is -2.60. The van der Waals surface area contributed by atoms with Crippen LogP contribution in [0.15, 0.2) is 108 Å². The van der Waals surface area contributed by atoms with Crippen LogP contribution in [0, 0.1) is 34.4 Å². The zero-order chi connectivity index (χ0) is 37.2. The van der Waals surface area contributed by atoms with Crippen molar-refractivity contribution in [2.75, 3.05) is 0 Å². The molecule has 2 aromatic carbocycles. The molecule has 10 heteroatoms. The smallest absolute Gasteiger partial charge is 0.375 e. The van der Waals surface area contributed by atoms with Gasteiger partial charge in [-0.25, -0.2) is 13.9 Å². The molecule has 7 unspecified atom stereocenters. The van der Waals surface area contributed by atoms with E-state index >= 15 is 0 Å². The van der Waals surface area contributed by atoms with Crippen molar-refractivity contribution in [3.05, 3.63) is 131 Å². The molecule has 3 saturated carbocycles. The molecule has 0 bridgehead atoms. The van der Waals surface area contributed by atoms with Crippen molar-refractivity contribution in [2.45, 2.75) is 69.8 Å². The molecule has 54 heavy (non-hydrogen) atoms. The van der Waals surface area contributed by atoms with Gasteiger partial charge >= 0.3 is 5.97 Å². The van der Waals surface area contributed by atoms with Gasteiger partial charge in [0.1, 0.15) is 5.82 Å². The summed E-state index contributed by atoms with van der Waals surface area (Å²) in [4.78, 5) is 32.9. The Balaban J connectivity index is 1.01. The molecule has 0 radical (unpaired) electrons. The highest BCUT2D eigenvalue weighted by Crippen LogP contribution is 2.69. The molecule has 8 nitrogen and oxygen atoms in total. The lowest BCUT2D eigenvalue weighted by Crippen LogP contribution is -2.62. The first-order valence-corrected chi connectivity index (χ1v) is 19.7. The quantitative estimate of drug-likeness (QED) is 0.165. The van der Waals surface area contributed by atoms with Crippen LogP contribution >= 0.6 is 11.8 Å². The van der Waals surface area contributed by atoms with E-state index in [1.807, 2.05) is 53.3 Å². The summed E-state index contributed by atoms with van der Waals surface area (Å²) in [6, 6.07) is 23.4. The van der Waals surface area contributed by atoms with Gasteiger partial charge in [-0.05, 0) is 127 Å². The summed E-state index contributed by atoms with van der Waals surface area (Å²) in [6.45, 7) is 4.35. The minimum Gasteiger partial charge on any atom is -0.457 e. The molecule has 3 heterocycles. The van der Waals surface area contributed by atoms with Gasteiger partial charge in [0.25, 0.3) is 0 Å². The number of rotatable bonds is 7. The van der Waals surface area contributed by atoms with Gasteiger partial charge in [0, 0.05) is 22.9 Å². The van der Waals surface area contributed by atoms with Gasteiger partial charge in [-0.2, -0.15) is 5.10 Å². The van der Waals surface area contributed by atoms with E-state index in [4.69, 9.17) is 14.3 Å². The fourth-order valence-electron chi connectivity index (χ4n) is 10.7. The van der Waals surface area contributed by atoms with Crippen LogP contribution in [0.3, 0.4) is 0 Å². The first kappa shape index (κ1) is 34.9. The fourth-order valence-corrected chi connectivity index (χ4v) is 11.8. The number of allylic oxidation sites excluding steroid dienone is 1. The number of ether oxygens (including phenoxy) is 1. The predicted octanol–water partition coefficient (Wildman–Crippen LogP) is 8.88. The number of esters is 1. The number of aromatic nitrogens is 3. The topological polar surface area (TPSA) is 107 Å². The van der Waals surface area contributed by atoms with Gasteiger partial charge in [0.15, 0.2) is 5.60 Å². The number of aliphatic hydroxyl groups is 1. The van der Waals surface area contributed by atoms with E-state index in [0.717, 1.165) is 53.0 Å². The maximum atomic E-state index is 14.8. The number of thioether (sulfide) groups is 1. The van der Waals surface area contributed by atoms with Crippen LogP contribution < -0.4 is 0 Å². The first-order chi connectivity index (χ1) is 26.1. The van der Waals surface area contributed by atoms with E-state index in [1.54, 1.807) is 30.5 Å². The summed E-state index contributed by atoms with van der Waals surface area (Å²) in [6.07, 6.45) is 10.5. The molecule has 5 aromatic rings. The van der Waals surface area contributed by atoms with E-state index < -0.39 is 23.1 Å². The number of hydrogen-bond acceptors (Lipinski definition) is 8. The zero-order valence-corrected chi connectivity index (χ0v) is 31.1. The molecule has 3 fully saturated rings. The third kappa shape index (κ3) is 5.51. The predicted molar refractivity (Wildman–Crippen MR) is 204 cm³/mol. The second kappa shape index (κ2) is 13.2. The zero-order valence-electron chi connectivity index (χ0n) is 30.3. The van der Waals surface area contributed by atoms with E-state index in [0.29, 0.717) is 25.0 Å². The molecule has 0 amide bonds. The standard InChI is InChI=1S/C44H42FN3O5S/c1-42-23-29-25-47-48(32-15-13-31(45)14-16-32)36(29)22-30(42)12-17-33-34-18-19-44(43(34,2)24-37(49)39(33)42,53-40(50)38-7-5-21-52-38)41(51)54-26-27-8-10-28(11-9-27)35-6-3-4-20-46-35/h3-11,13-16,20-22,25,33-34,37,39,49H,12,17-19,23-24,26H2,1-2H3. The number of pyridine rings is 1. The number of halogens is 1. The Kier molecular flexibility index (Phi) is 8.54. The summed E-state index contributed by atoms with van der Waals surface area (Å²) >= 11 is 1.18. The van der Waals surface area contributed by atoms with Gasteiger partial charge in [-0.3, -0.25) is 9.78 Å². The van der Waals surface area contributed by atoms with E-state index in [1.165, 1.54) is 35.7 Å². The Morgan fingerprint density at radius 1 is 1.04 bits per heavy atom. The number of aliphatic hydroxyl groups excluding tert-OH is 1. The Morgan fingerprint density at radius 2 is 1.85 bits per heavy atom. The van der Waals surface area contributed by atoms with Crippen molar-refractivity contribution in [2.24, 2.45) is 28.6 Å². The van der Waals surface area contributed by atoms with Crippen LogP contribution in [0.4, 0.5) is 4.39 Å². The maximum Gasteiger partial charge on any atom is 0.375 e. The number of benzene rings is 2. The van der Waals surface area contributed by atoms with Crippen LogP contribution in [0.5, 0.6) is 0 Å². The number of nitrogens with zero attached hydrogens (tertiary/aromatic N) is 3. The molecule has 0 spiro atoms. The minimum atomic E-state index is -1.45. The first-order valence-electron chi connectivity index (χ1n) is 18.8. The van der Waals surface area contributed by atoms with Gasteiger partial charge in [0.05, 0.1) is 35.6 Å². The van der Waals surface area contributed by atoms with Gasteiger partial charge in [-0.1, -0.05) is 61.5 Å². The van der Waals surface area contributed by atoms with Gasteiger partial charge < -0.3 is 14.3 Å². The average molecular weight is 744 g/mol. The highest BCUT2D eigenvalue weighted by atomic mass is 32.2. The van der Waals surface area contributed by atoms with Crippen LogP contribution in [0.2, 0.25) is 0 Å². The summed E-state index contributed by atoms with van der Waals surface area (Å²) < 4.78 is 27.5. The molecule has 3 aromatic heterocycles. The van der Waals surface area contributed by atoms with Crippen molar-refractivity contribution in [3.8, 4) is 16.9 Å². The second-order valence-corrected chi connectivity index (χ2v) is 16.9. The molecule has 7 atom stereocenters. The lowest BCUT2D eigenvalue weighted by atomic mass is 9.45. The summed E-state index contributed by atoms with van der Waals surface area (Å²) in [5.74, 6) is -0.355. The van der Waals surface area contributed by atoms with Crippen molar-refractivity contribution in [1.29, 1.82) is 0 Å². The monoisotopic (exact) mass is 743 g/mol. The van der Waals surface area contributed by atoms with Crippen molar-refractivity contribution in [1.82, 2.24) is 14.8 Å². The number of carbonyl (C=O) groups excluding carboxylic acids is 2. The SMILES string of the molecule is CC12Cc3cnn(-c4ccc(F)cc4)c3C=C1CCC1C2C(O)CC2(C)C1CCC2(OC(=O)c1ccco1)C(=O)SCc1ccc(-c2ccccn2)cc1. The Bertz CT molecular complexity index is 2240. The molecule has 0 aliphatic heterocycles. The lowest BCUT2D eigenvalue weighted by molar-refractivity contribution is -0.175. The Labute approximate surface area is 317 Å². The van der Waals surface area contributed by atoms with Crippen LogP contribution in [0.1, 0.15) is 73.3 Å². The van der Waals surface area contributed by atoms with Crippen molar-refractivity contribution in [3.63, 3.8) is 0 Å². The Hall–Kier alpha value is -4.80. The van der Waals surface area contributed by atoms with E-state index in [-0.39, 0.29) is 39.9 Å². The normalized spacial score (nSPS) is 29.7. The molecule has 0 saturated heterocycles. The Morgan fingerprint density at radius 3 is 2.59 bits per heavy atom. The van der Waals surface area contributed by atoms with E-state index in [2.05, 4.69) is 24.9 Å². The summed E-state index contributed by atoms with van der Waals surface area (Å²) in [5, 5.41) is 16.9. The summed E-state index contributed by atoms with van der Waals surface area (Å²) in [7, 11) is 0. The van der Waals surface area contributed by atoms with Gasteiger partial charge in [0.2, 0.25) is 10.9 Å². The third-order valence-electron chi connectivity index (χ3n) is 13.2. The molecular formula is C44H42FN3O5S. The molecule has 1 N–H and O–H groups in total. The number of hydrogen-bond donors (Lipinski definition) is 1. The maximum absolute atomic E-state index is 14.8. The number of fused-ring (bicyclic) bond motifs is 6. The van der Waals surface area contributed by atoms with Crippen LogP contribution in [-0.2, 0) is 21.7 Å². The summed E-state index contributed by atoms with van der Waals surface area (Å²) in [5.41, 5.74) is 4.47. The largest absolute Gasteiger partial charge is 0.457 e. The third-order valence-corrected chi connectivity index (χ3v) is 14.3. The van der Waals surface area contributed by atoms with E-state index in [9.17, 15) is 19.1 Å². The molecule has 4 aliphatic rings. The molecular weight excluding hydrogens is 702 g/mol. The van der Waals surface area contributed by atoms with Crippen LogP contribution in [0.25, 0.3) is 23.0 Å². The number of carbonyl (C=O) groups is 2. The highest BCUT2D eigenvalue weighted by Gasteiger charge is 2.71. The van der Waals surface area contributed by atoms with Gasteiger partial charge in [-0.15, -0.1) is 0 Å². The highest BCUT2D eigenvalue weighted by molar-refractivity contribution is 8.13.